The Morgan fingerprint density at radius 3 is 2.59 bits per heavy atom. The summed E-state index contributed by atoms with van der Waals surface area (Å²) in [4.78, 5) is 2.23. The first-order chi connectivity index (χ1) is 16.5. The summed E-state index contributed by atoms with van der Waals surface area (Å²) in [5.41, 5.74) is 3.54. The lowest BCUT2D eigenvalue weighted by Crippen LogP contribution is -2.30. The van der Waals surface area contributed by atoms with Gasteiger partial charge in [-0.05, 0) is 73.5 Å². The van der Waals surface area contributed by atoms with Crippen molar-refractivity contribution in [3.05, 3.63) is 77.6 Å². The molecule has 3 aromatic rings. The second-order valence-corrected chi connectivity index (χ2v) is 8.83. The lowest BCUT2D eigenvalue weighted by atomic mass is 9.80. The molecular formula is C27H25FN4O2. The third-order valence-electron chi connectivity index (χ3n) is 6.57. The molecule has 0 amide bonds. The lowest BCUT2D eigenvalue weighted by molar-refractivity contribution is 0.171. The smallest absolute Gasteiger partial charge is 0.161 e. The summed E-state index contributed by atoms with van der Waals surface area (Å²) in [6.07, 6.45) is 2.02. The van der Waals surface area contributed by atoms with Crippen LogP contribution in [0, 0.1) is 28.0 Å². The molecule has 34 heavy (non-hydrogen) atoms. The first-order valence-electron chi connectivity index (χ1n) is 11.3. The maximum atomic E-state index is 13.3. The van der Waals surface area contributed by atoms with Crippen LogP contribution in [0.1, 0.15) is 30.5 Å². The largest absolute Gasteiger partial charge is 0.486 e. The van der Waals surface area contributed by atoms with E-state index < -0.39 is 5.41 Å². The predicted molar refractivity (Wildman–Crippen MR) is 130 cm³/mol. The highest BCUT2D eigenvalue weighted by atomic mass is 19.1. The fourth-order valence-corrected chi connectivity index (χ4v) is 4.79. The quantitative estimate of drug-likeness (QED) is 0.473. The van der Waals surface area contributed by atoms with E-state index in [1.807, 2.05) is 43.3 Å². The van der Waals surface area contributed by atoms with E-state index in [9.17, 15) is 9.65 Å². The SMILES string of the molecule is CC1(C#N)CCN(c2ccc(Nc3ccc(F)cc3)c(C=N)c2)C1c1ccc2c(c1)OCCO2. The first kappa shape index (κ1) is 21.8. The van der Waals surface area contributed by atoms with Crippen LogP contribution in [0.3, 0.4) is 0 Å². The van der Waals surface area contributed by atoms with E-state index in [4.69, 9.17) is 14.9 Å². The van der Waals surface area contributed by atoms with Crippen LogP contribution >= 0.6 is 0 Å². The predicted octanol–water partition coefficient (Wildman–Crippen LogP) is 5.82. The van der Waals surface area contributed by atoms with Gasteiger partial charge in [0.25, 0.3) is 0 Å². The van der Waals surface area contributed by atoms with Crippen LogP contribution in [0.2, 0.25) is 0 Å². The third kappa shape index (κ3) is 3.92. The molecule has 2 atom stereocenters. The fraction of sp³-hybridized carbons (Fsp3) is 0.259. The normalized spacial score (nSPS) is 21.1. The van der Waals surface area contributed by atoms with Crippen molar-refractivity contribution in [2.45, 2.75) is 19.4 Å². The number of halogens is 1. The van der Waals surface area contributed by atoms with Crippen LogP contribution in [0.5, 0.6) is 11.5 Å². The molecule has 2 unspecified atom stereocenters. The molecule has 2 aliphatic heterocycles. The van der Waals surface area contributed by atoms with Crippen molar-refractivity contribution < 1.29 is 13.9 Å². The zero-order chi connectivity index (χ0) is 23.7. The molecule has 2 N–H and O–H groups in total. The fourth-order valence-electron chi connectivity index (χ4n) is 4.79. The van der Waals surface area contributed by atoms with Gasteiger partial charge in [0.15, 0.2) is 11.5 Å². The topological polar surface area (TPSA) is 81.4 Å². The molecule has 172 valence electrons. The highest BCUT2D eigenvalue weighted by Gasteiger charge is 2.45. The number of rotatable bonds is 5. The van der Waals surface area contributed by atoms with E-state index in [1.54, 1.807) is 12.1 Å². The van der Waals surface area contributed by atoms with Crippen molar-refractivity contribution in [1.29, 1.82) is 10.7 Å². The van der Waals surface area contributed by atoms with Gasteiger partial charge in [-0.15, -0.1) is 0 Å². The summed E-state index contributed by atoms with van der Waals surface area (Å²) >= 11 is 0. The third-order valence-corrected chi connectivity index (χ3v) is 6.57. The van der Waals surface area contributed by atoms with E-state index in [-0.39, 0.29) is 11.9 Å². The number of anilines is 3. The molecule has 7 heteroatoms. The Balaban J connectivity index is 1.49. The van der Waals surface area contributed by atoms with Crippen molar-refractivity contribution in [2.24, 2.45) is 5.41 Å². The molecule has 0 aromatic heterocycles. The summed E-state index contributed by atoms with van der Waals surface area (Å²) in [5.74, 6) is 1.13. The average Bonchev–Trinajstić information content (AvgIpc) is 3.23. The average molecular weight is 457 g/mol. The summed E-state index contributed by atoms with van der Waals surface area (Å²) in [6.45, 7) is 3.75. The van der Waals surface area contributed by atoms with Gasteiger partial charge in [-0.25, -0.2) is 4.39 Å². The van der Waals surface area contributed by atoms with Crippen LogP contribution in [0.15, 0.2) is 60.7 Å². The molecule has 3 aromatic carbocycles. The van der Waals surface area contributed by atoms with Gasteiger partial charge in [0, 0.05) is 35.4 Å². The Labute approximate surface area is 198 Å². The Kier molecular flexibility index (Phi) is 5.58. The summed E-state index contributed by atoms with van der Waals surface area (Å²) in [5, 5.41) is 21.3. The van der Waals surface area contributed by atoms with Crippen LogP contribution in [0.4, 0.5) is 21.5 Å². The van der Waals surface area contributed by atoms with Gasteiger partial charge in [0.2, 0.25) is 0 Å². The number of nitrogens with zero attached hydrogens (tertiary/aromatic N) is 2. The van der Waals surface area contributed by atoms with E-state index in [0.717, 1.165) is 34.8 Å². The van der Waals surface area contributed by atoms with Crippen molar-refractivity contribution in [2.75, 3.05) is 30.0 Å². The van der Waals surface area contributed by atoms with E-state index in [0.29, 0.717) is 31.1 Å². The minimum atomic E-state index is -0.584. The Bertz CT molecular complexity index is 1270. The second-order valence-electron chi connectivity index (χ2n) is 8.83. The molecule has 0 bridgehead atoms. The minimum absolute atomic E-state index is 0.178. The van der Waals surface area contributed by atoms with Crippen LogP contribution in [-0.2, 0) is 0 Å². The Hall–Kier alpha value is -4.05. The van der Waals surface area contributed by atoms with Gasteiger partial charge < -0.3 is 25.1 Å². The van der Waals surface area contributed by atoms with Gasteiger partial charge in [-0.1, -0.05) is 6.07 Å². The monoisotopic (exact) mass is 456 g/mol. The maximum Gasteiger partial charge on any atom is 0.161 e. The van der Waals surface area contributed by atoms with E-state index in [2.05, 4.69) is 16.3 Å². The van der Waals surface area contributed by atoms with Crippen molar-refractivity contribution >= 4 is 23.3 Å². The van der Waals surface area contributed by atoms with Crippen LogP contribution in [0.25, 0.3) is 0 Å². The van der Waals surface area contributed by atoms with Gasteiger partial charge in [0.1, 0.15) is 19.0 Å². The molecule has 6 nitrogen and oxygen atoms in total. The molecule has 1 fully saturated rings. The molecule has 0 saturated carbocycles. The van der Waals surface area contributed by atoms with Gasteiger partial charge in [-0.3, -0.25) is 0 Å². The van der Waals surface area contributed by atoms with Crippen molar-refractivity contribution in [3.8, 4) is 17.6 Å². The number of ether oxygens (including phenoxy) is 2. The molecule has 0 spiro atoms. The number of nitrogens with one attached hydrogen (secondary N) is 2. The number of hydrogen-bond donors (Lipinski definition) is 2. The van der Waals surface area contributed by atoms with Crippen molar-refractivity contribution in [3.63, 3.8) is 0 Å². The van der Waals surface area contributed by atoms with Crippen molar-refractivity contribution in [1.82, 2.24) is 0 Å². The number of nitriles is 1. The first-order valence-corrected chi connectivity index (χ1v) is 11.3. The molecule has 1 saturated heterocycles. The maximum absolute atomic E-state index is 13.3. The van der Waals surface area contributed by atoms with Gasteiger partial charge in [0.05, 0.1) is 17.5 Å². The number of benzene rings is 3. The van der Waals surface area contributed by atoms with Crippen LogP contribution in [-0.4, -0.2) is 26.0 Å². The molecule has 2 heterocycles. The van der Waals surface area contributed by atoms with Crippen LogP contribution < -0.4 is 19.7 Å². The molecule has 2 aliphatic rings. The van der Waals surface area contributed by atoms with E-state index in [1.165, 1.54) is 18.3 Å². The second kappa shape index (κ2) is 8.71. The van der Waals surface area contributed by atoms with Gasteiger partial charge >= 0.3 is 0 Å². The lowest BCUT2D eigenvalue weighted by Gasteiger charge is -2.34. The summed E-state index contributed by atoms with van der Waals surface area (Å²) in [6, 6.07) is 20.2. The van der Waals surface area contributed by atoms with Gasteiger partial charge in [-0.2, -0.15) is 5.26 Å². The summed E-state index contributed by atoms with van der Waals surface area (Å²) in [7, 11) is 0. The highest BCUT2D eigenvalue weighted by Crippen LogP contribution is 2.50. The highest BCUT2D eigenvalue weighted by molar-refractivity contribution is 5.89. The number of fused-ring (bicyclic) bond motifs is 1. The number of hydrogen-bond acceptors (Lipinski definition) is 6. The minimum Gasteiger partial charge on any atom is -0.486 e. The summed E-state index contributed by atoms with van der Waals surface area (Å²) < 4.78 is 24.7. The molecule has 0 aliphatic carbocycles. The standard InChI is InChI=1S/C27H25FN4O2/c1-27(17-30)10-11-32(26(27)18-2-9-24-25(15-18)34-13-12-33-24)22-7-8-23(19(14-22)16-29)31-21-5-3-20(28)4-6-21/h2-9,14-16,26,29,31H,10-13H2,1H3. The zero-order valence-corrected chi connectivity index (χ0v) is 18.8. The Morgan fingerprint density at radius 1 is 1.09 bits per heavy atom. The molecular weight excluding hydrogens is 431 g/mol. The molecule has 5 rings (SSSR count). The zero-order valence-electron chi connectivity index (χ0n) is 18.8. The Morgan fingerprint density at radius 2 is 1.85 bits per heavy atom. The van der Waals surface area contributed by atoms with E-state index >= 15 is 0 Å². The molecule has 0 radical (unpaired) electrons.